The van der Waals surface area contributed by atoms with Crippen molar-refractivity contribution in [3.63, 3.8) is 0 Å². The van der Waals surface area contributed by atoms with Crippen LogP contribution in [0.1, 0.15) is 23.2 Å². The fraction of sp³-hybridized carbons (Fsp3) is 0.308. The minimum absolute atomic E-state index is 0.120. The van der Waals surface area contributed by atoms with E-state index in [9.17, 15) is 0 Å². The zero-order chi connectivity index (χ0) is 12.7. The molecular formula is C13H14ClN3O. The molecule has 0 bridgehead atoms. The predicted molar refractivity (Wildman–Crippen MR) is 69.8 cm³/mol. The molecule has 18 heavy (non-hydrogen) atoms. The Labute approximate surface area is 110 Å². The van der Waals surface area contributed by atoms with Gasteiger partial charge in [0.25, 0.3) is 0 Å². The van der Waals surface area contributed by atoms with Crippen LogP contribution in [0.15, 0.2) is 30.5 Å². The minimum atomic E-state index is -0.214. The van der Waals surface area contributed by atoms with Gasteiger partial charge in [0, 0.05) is 18.5 Å². The summed E-state index contributed by atoms with van der Waals surface area (Å²) in [7, 11) is 1.85. The second-order valence-corrected chi connectivity index (χ2v) is 4.89. The number of hydrogen-bond acceptors (Lipinski definition) is 3. The lowest BCUT2D eigenvalue weighted by Gasteiger charge is -2.19. The highest BCUT2D eigenvalue weighted by atomic mass is 35.5. The average molecular weight is 264 g/mol. The molecule has 0 spiro atoms. The van der Waals surface area contributed by atoms with E-state index in [2.05, 4.69) is 11.2 Å². The van der Waals surface area contributed by atoms with E-state index >= 15 is 0 Å². The van der Waals surface area contributed by atoms with E-state index in [1.165, 1.54) is 0 Å². The third-order valence-corrected chi connectivity index (χ3v) is 3.71. The number of aryl methyl sites for hydroxylation is 1. The number of ether oxygens (including phenoxy) is 1. The van der Waals surface area contributed by atoms with E-state index in [4.69, 9.17) is 22.1 Å². The van der Waals surface area contributed by atoms with Crippen LogP contribution < -0.4 is 10.5 Å². The maximum absolute atomic E-state index is 6.34. The van der Waals surface area contributed by atoms with Crippen molar-refractivity contribution in [2.75, 3.05) is 6.61 Å². The third-order valence-electron chi connectivity index (χ3n) is 3.42. The van der Waals surface area contributed by atoms with Gasteiger partial charge in [-0.25, -0.2) is 0 Å². The monoisotopic (exact) mass is 263 g/mol. The third kappa shape index (κ3) is 1.69. The second kappa shape index (κ2) is 4.30. The molecule has 0 amide bonds. The Hall–Kier alpha value is -1.52. The quantitative estimate of drug-likeness (QED) is 0.904. The highest BCUT2D eigenvalue weighted by Gasteiger charge is 2.32. The predicted octanol–water partition coefficient (Wildman–Crippen LogP) is 2.25. The van der Waals surface area contributed by atoms with Crippen molar-refractivity contribution in [1.82, 2.24) is 9.78 Å². The number of halogens is 1. The van der Waals surface area contributed by atoms with Gasteiger partial charge in [-0.15, -0.1) is 0 Å². The number of nitrogens with two attached hydrogens (primary N) is 1. The van der Waals surface area contributed by atoms with Gasteiger partial charge in [0.2, 0.25) is 0 Å². The van der Waals surface area contributed by atoms with Gasteiger partial charge in [-0.2, -0.15) is 5.10 Å². The van der Waals surface area contributed by atoms with Crippen molar-refractivity contribution < 1.29 is 4.74 Å². The van der Waals surface area contributed by atoms with Gasteiger partial charge in [0.1, 0.15) is 5.75 Å². The topological polar surface area (TPSA) is 53.1 Å². The number of fused-ring (bicyclic) bond motifs is 1. The summed E-state index contributed by atoms with van der Waals surface area (Å²) in [5, 5.41) is 4.73. The van der Waals surface area contributed by atoms with Gasteiger partial charge < -0.3 is 10.5 Å². The first-order valence-corrected chi connectivity index (χ1v) is 6.21. The summed E-state index contributed by atoms with van der Waals surface area (Å²) < 4.78 is 7.39. The molecule has 1 aromatic carbocycles. The fourth-order valence-electron chi connectivity index (χ4n) is 2.47. The molecule has 0 radical (unpaired) electrons. The average Bonchev–Trinajstić information content (AvgIpc) is 2.93. The maximum atomic E-state index is 6.34. The molecule has 0 aliphatic carbocycles. The molecule has 0 fully saturated rings. The summed E-state index contributed by atoms with van der Waals surface area (Å²) in [4.78, 5) is 0. The van der Waals surface area contributed by atoms with Crippen LogP contribution >= 0.6 is 11.6 Å². The van der Waals surface area contributed by atoms with Gasteiger partial charge in [-0.1, -0.05) is 29.8 Å². The molecule has 2 aromatic rings. The fourth-order valence-corrected chi connectivity index (χ4v) is 2.76. The summed E-state index contributed by atoms with van der Waals surface area (Å²) in [6.07, 6.45) is 1.62. The number of benzene rings is 1. The molecule has 0 saturated carbocycles. The highest BCUT2D eigenvalue weighted by molar-refractivity contribution is 6.31. The second-order valence-electron chi connectivity index (χ2n) is 4.48. The van der Waals surface area contributed by atoms with E-state index in [-0.39, 0.29) is 12.0 Å². The maximum Gasteiger partial charge on any atom is 0.122 e. The SMILES string of the molecule is Cn1ncc(Cl)c1C(N)C1COc2ccccc21. The molecule has 3 rings (SSSR count). The molecule has 94 valence electrons. The number of rotatable bonds is 2. The molecule has 2 unspecified atom stereocenters. The Kier molecular flexibility index (Phi) is 2.76. The van der Waals surface area contributed by atoms with Gasteiger partial charge in [-0.05, 0) is 6.07 Å². The first kappa shape index (κ1) is 11.6. The molecule has 1 aliphatic heterocycles. The van der Waals surface area contributed by atoms with Gasteiger partial charge >= 0.3 is 0 Å². The van der Waals surface area contributed by atoms with E-state index in [1.807, 2.05) is 25.2 Å². The first-order valence-electron chi connectivity index (χ1n) is 5.83. The van der Waals surface area contributed by atoms with Crippen molar-refractivity contribution in [3.05, 3.63) is 46.7 Å². The van der Waals surface area contributed by atoms with Crippen LogP contribution in [0.4, 0.5) is 0 Å². The number of para-hydroxylation sites is 1. The molecule has 4 nitrogen and oxygen atoms in total. The van der Waals surface area contributed by atoms with E-state index < -0.39 is 0 Å². The first-order chi connectivity index (χ1) is 8.68. The summed E-state index contributed by atoms with van der Waals surface area (Å²) in [6, 6.07) is 7.76. The molecule has 0 saturated heterocycles. The van der Waals surface area contributed by atoms with Crippen LogP contribution in [0.3, 0.4) is 0 Å². The van der Waals surface area contributed by atoms with Crippen LogP contribution in [0.2, 0.25) is 5.02 Å². The summed E-state index contributed by atoms with van der Waals surface area (Å²) in [5.74, 6) is 1.03. The van der Waals surface area contributed by atoms with Crippen LogP contribution in [-0.2, 0) is 7.05 Å². The van der Waals surface area contributed by atoms with E-state index in [1.54, 1.807) is 10.9 Å². The molecule has 1 aliphatic rings. The lowest BCUT2D eigenvalue weighted by molar-refractivity contribution is 0.312. The Morgan fingerprint density at radius 2 is 2.28 bits per heavy atom. The summed E-state index contributed by atoms with van der Waals surface area (Å²) >= 11 is 6.14. The molecular weight excluding hydrogens is 250 g/mol. The Bertz CT molecular complexity index is 562. The lowest BCUT2D eigenvalue weighted by Crippen LogP contribution is -2.23. The van der Waals surface area contributed by atoms with Crippen LogP contribution in [0, 0.1) is 0 Å². The van der Waals surface area contributed by atoms with Crippen molar-refractivity contribution in [3.8, 4) is 5.75 Å². The van der Waals surface area contributed by atoms with Crippen LogP contribution in [0.5, 0.6) is 5.75 Å². The standard InChI is InChI=1S/C13H14ClN3O/c1-17-13(10(14)6-16-17)12(15)9-7-18-11-5-3-2-4-8(9)11/h2-6,9,12H,7,15H2,1H3. The smallest absolute Gasteiger partial charge is 0.122 e. The van der Waals surface area contributed by atoms with Crippen molar-refractivity contribution in [2.45, 2.75) is 12.0 Å². The summed E-state index contributed by atoms with van der Waals surface area (Å²) in [5.41, 5.74) is 8.33. The number of nitrogens with zero attached hydrogens (tertiary/aromatic N) is 2. The Morgan fingerprint density at radius 3 is 3.00 bits per heavy atom. The van der Waals surface area contributed by atoms with Crippen molar-refractivity contribution in [2.24, 2.45) is 12.8 Å². The molecule has 2 N–H and O–H groups in total. The molecule has 1 aromatic heterocycles. The van der Waals surface area contributed by atoms with Crippen LogP contribution in [-0.4, -0.2) is 16.4 Å². The van der Waals surface area contributed by atoms with Gasteiger partial charge in [0.15, 0.2) is 0 Å². The molecule has 2 heterocycles. The highest BCUT2D eigenvalue weighted by Crippen LogP contribution is 2.41. The zero-order valence-corrected chi connectivity index (χ0v) is 10.8. The zero-order valence-electron chi connectivity index (χ0n) is 10.0. The summed E-state index contributed by atoms with van der Waals surface area (Å²) in [6.45, 7) is 0.585. The minimum Gasteiger partial charge on any atom is -0.493 e. The van der Waals surface area contributed by atoms with E-state index in [0.717, 1.165) is 17.0 Å². The van der Waals surface area contributed by atoms with Crippen molar-refractivity contribution >= 4 is 11.6 Å². The van der Waals surface area contributed by atoms with E-state index in [0.29, 0.717) is 11.6 Å². The normalized spacial score (nSPS) is 19.4. The Morgan fingerprint density at radius 1 is 1.50 bits per heavy atom. The van der Waals surface area contributed by atoms with Gasteiger partial charge in [0.05, 0.1) is 29.6 Å². The number of aromatic nitrogens is 2. The van der Waals surface area contributed by atoms with Crippen molar-refractivity contribution in [1.29, 1.82) is 0 Å². The number of hydrogen-bond donors (Lipinski definition) is 1. The lowest BCUT2D eigenvalue weighted by atomic mass is 9.92. The molecule has 2 atom stereocenters. The largest absolute Gasteiger partial charge is 0.493 e. The van der Waals surface area contributed by atoms with Crippen LogP contribution in [0.25, 0.3) is 0 Å². The molecule has 5 heteroatoms. The van der Waals surface area contributed by atoms with Gasteiger partial charge in [-0.3, -0.25) is 4.68 Å². The Balaban J connectivity index is 1.98.